The van der Waals surface area contributed by atoms with Gasteiger partial charge >= 0.3 is 0 Å². The number of aryl methyl sites for hydroxylation is 1. The minimum Gasteiger partial charge on any atom is -0.480 e. The fourth-order valence-electron chi connectivity index (χ4n) is 4.41. The molecule has 3 aromatic rings. The smallest absolute Gasteiger partial charge is 0.262 e. The van der Waals surface area contributed by atoms with Crippen LogP contribution in [0.4, 0.5) is 27.4 Å². The summed E-state index contributed by atoms with van der Waals surface area (Å²) in [5.41, 5.74) is 2.36. The van der Waals surface area contributed by atoms with Gasteiger partial charge in [-0.3, -0.25) is 4.79 Å². The number of aromatic nitrogens is 2. The van der Waals surface area contributed by atoms with Crippen molar-refractivity contribution in [3.8, 4) is 5.88 Å². The maximum Gasteiger partial charge on any atom is 0.262 e. The van der Waals surface area contributed by atoms with Crippen molar-refractivity contribution in [2.75, 3.05) is 49.8 Å². The van der Waals surface area contributed by atoms with E-state index in [-0.39, 0.29) is 23.2 Å². The van der Waals surface area contributed by atoms with Crippen LogP contribution in [-0.4, -0.2) is 61.1 Å². The van der Waals surface area contributed by atoms with Gasteiger partial charge in [0, 0.05) is 29.8 Å². The fraction of sp³-hybridized carbons (Fsp3) is 0.346. The molecule has 11 heteroatoms. The highest BCUT2D eigenvalue weighted by Crippen LogP contribution is 2.35. The molecule has 0 aliphatic carbocycles. The molecule has 2 N–H and O–H groups in total. The molecule has 0 bridgehead atoms. The van der Waals surface area contributed by atoms with E-state index in [9.17, 15) is 4.79 Å². The van der Waals surface area contributed by atoms with Crippen LogP contribution in [0.1, 0.15) is 28.8 Å². The third-order valence-corrected chi connectivity index (χ3v) is 7.33. The van der Waals surface area contributed by atoms with E-state index >= 15 is 4.39 Å². The second-order valence-corrected chi connectivity index (χ2v) is 10.4. The van der Waals surface area contributed by atoms with E-state index in [1.807, 2.05) is 13.0 Å². The number of benzene rings is 2. The zero-order valence-corrected chi connectivity index (χ0v) is 23.5. The van der Waals surface area contributed by atoms with Crippen molar-refractivity contribution in [2.45, 2.75) is 25.8 Å². The molecule has 1 aliphatic rings. The third-order valence-electron chi connectivity index (χ3n) is 6.36. The van der Waals surface area contributed by atoms with Crippen molar-refractivity contribution in [2.24, 2.45) is 0 Å². The average molecular weight is 592 g/mol. The number of carbonyl (C=O) groups excluding carboxylic acids is 1. The van der Waals surface area contributed by atoms with Gasteiger partial charge in [-0.05, 0) is 79.6 Å². The number of hydrogen-bond donors (Lipinski definition) is 2. The summed E-state index contributed by atoms with van der Waals surface area (Å²) >= 11 is 9.61. The quantitative estimate of drug-likeness (QED) is 0.355. The third kappa shape index (κ3) is 6.14. The second-order valence-electron chi connectivity index (χ2n) is 9.12. The lowest BCUT2D eigenvalue weighted by atomic mass is 10.0. The summed E-state index contributed by atoms with van der Waals surface area (Å²) in [5, 5.41) is 6.28. The standard InChI is InChI=1S/C26H29BrClFN6O2/c1-15-12-20(29)23(35-10-8-16(9-11-35)34(2)3)21(13-15)31-26-30-14-17(25(33-26)37-4)24(36)32-22-18(27)6-5-7-19(22)28/h5-7,12-14,16H,8-11H2,1-4H3,(H,32,36)(H,30,31,33). The number of methoxy groups -OCH3 is 1. The van der Waals surface area contributed by atoms with Crippen molar-refractivity contribution >= 4 is 56.4 Å². The number of piperidine rings is 1. The molecule has 0 spiro atoms. The van der Waals surface area contributed by atoms with Crippen LogP contribution in [-0.2, 0) is 0 Å². The molecule has 1 amide bonds. The van der Waals surface area contributed by atoms with Gasteiger partial charge in [0.25, 0.3) is 5.91 Å². The molecule has 4 rings (SSSR count). The molecule has 1 aromatic heterocycles. The lowest BCUT2D eigenvalue weighted by molar-refractivity contribution is 0.102. The number of halogens is 3. The van der Waals surface area contributed by atoms with Crippen LogP contribution in [0.15, 0.2) is 41.0 Å². The molecule has 8 nitrogen and oxygen atoms in total. The number of hydrogen-bond acceptors (Lipinski definition) is 7. The maximum absolute atomic E-state index is 15.2. The van der Waals surface area contributed by atoms with Gasteiger partial charge in [-0.15, -0.1) is 0 Å². The van der Waals surface area contributed by atoms with Crippen LogP contribution < -0.4 is 20.3 Å². The molecule has 0 radical (unpaired) electrons. The van der Waals surface area contributed by atoms with E-state index < -0.39 is 5.91 Å². The van der Waals surface area contributed by atoms with Crippen molar-refractivity contribution in [3.05, 3.63) is 63.0 Å². The lowest BCUT2D eigenvalue weighted by Crippen LogP contribution is -2.42. The minimum atomic E-state index is -0.483. The predicted octanol–water partition coefficient (Wildman–Crippen LogP) is 5.87. The first-order valence-corrected chi connectivity index (χ1v) is 13.0. The second kappa shape index (κ2) is 11.6. The van der Waals surface area contributed by atoms with Gasteiger partial charge in [0.15, 0.2) is 0 Å². The van der Waals surface area contributed by atoms with Crippen LogP contribution >= 0.6 is 27.5 Å². The summed E-state index contributed by atoms with van der Waals surface area (Å²) in [6.45, 7) is 3.30. The van der Waals surface area contributed by atoms with Crippen LogP contribution in [0.25, 0.3) is 0 Å². The van der Waals surface area contributed by atoms with Crippen LogP contribution in [0.5, 0.6) is 5.88 Å². The van der Waals surface area contributed by atoms with Crippen molar-refractivity contribution in [1.82, 2.24) is 14.9 Å². The van der Waals surface area contributed by atoms with Gasteiger partial charge < -0.3 is 25.2 Å². The normalized spacial score (nSPS) is 14.1. The molecule has 37 heavy (non-hydrogen) atoms. The molecule has 0 atom stereocenters. The summed E-state index contributed by atoms with van der Waals surface area (Å²) in [7, 11) is 5.56. The van der Waals surface area contributed by atoms with Gasteiger partial charge in [-0.1, -0.05) is 17.7 Å². The molecule has 2 aromatic carbocycles. The number of ether oxygens (including phenoxy) is 1. The molecule has 1 saturated heterocycles. The Bertz CT molecular complexity index is 1280. The van der Waals surface area contributed by atoms with Gasteiger partial charge in [0.05, 0.1) is 29.2 Å². The predicted molar refractivity (Wildman–Crippen MR) is 149 cm³/mol. The van der Waals surface area contributed by atoms with Crippen molar-refractivity contribution in [1.29, 1.82) is 0 Å². The molecule has 1 fully saturated rings. The zero-order valence-electron chi connectivity index (χ0n) is 21.1. The van der Waals surface area contributed by atoms with E-state index in [0.717, 1.165) is 31.5 Å². The summed E-state index contributed by atoms with van der Waals surface area (Å²) in [4.78, 5) is 25.9. The van der Waals surface area contributed by atoms with E-state index in [1.165, 1.54) is 19.4 Å². The van der Waals surface area contributed by atoms with E-state index in [1.54, 1.807) is 18.2 Å². The maximum atomic E-state index is 15.2. The monoisotopic (exact) mass is 590 g/mol. The number of para-hydroxylation sites is 1. The van der Waals surface area contributed by atoms with Gasteiger partial charge in [-0.2, -0.15) is 4.98 Å². The van der Waals surface area contributed by atoms with E-state index in [4.69, 9.17) is 16.3 Å². The SMILES string of the molecule is COc1nc(Nc2cc(C)cc(F)c2N2CCC(N(C)C)CC2)ncc1C(=O)Nc1c(Cl)cccc1Br. The summed E-state index contributed by atoms with van der Waals surface area (Å²) in [6.07, 6.45) is 3.24. The Kier molecular flexibility index (Phi) is 8.51. The first kappa shape index (κ1) is 27.1. The number of nitrogens with zero attached hydrogens (tertiary/aromatic N) is 4. The number of carbonyl (C=O) groups is 1. The highest BCUT2D eigenvalue weighted by atomic mass is 79.9. The first-order chi connectivity index (χ1) is 17.7. The average Bonchev–Trinajstić information content (AvgIpc) is 2.86. The lowest BCUT2D eigenvalue weighted by Gasteiger charge is -2.37. The summed E-state index contributed by atoms with van der Waals surface area (Å²) in [5.74, 6) is -0.538. The Labute approximate surface area is 229 Å². The number of anilines is 4. The Morgan fingerprint density at radius 3 is 2.65 bits per heavy atom. The first-order valence-electron chi connectivity index (χ1n) is 11.8. The number of nitrogens with one attached hydrogen (secondary N) is 2. The fourth-order valence-corrected chi connectivity index (χ4v) is 5.21. The Hall–Kier alpha value is -2.95. The number of rotatable bonds is 7. The topological polar surface area (TPSA) is 82.6 Å². The molecular weight excluding hydrogens is 563 g/mol. The van der Waals surface area contributed by atoms with Crippen LogP contribution in [0.2, 0.25) is 5.02 Å². The Morgan fingerprint density at radius 2 is 2.00 bits per heavy atom. The van der Waals surface area contributed by atoms with Crippen molar-refractivity contribution < 1.29 is 13.9 Å². The van der Waals surface area contributed by atoms with Gasteiger partial charge in [0.2, 0.25) is 11.8 Å². The van der Waals surface area contributed by atoms with Crippen molar-refractivity contribution in [3.63, 3.8) is 0 Å². The molecule has 196 valence electrons. The van der Waals surface area contributed by atoms with Crippen LogP contribution in [0.3, 0.4) is 0 Å². The Morgan fingerprint density at radius 1 is 1.27 bits per heavy atom. The molecular formula is C26H29BrClFN6O2. The van der Waals surface area contributed by atoms with Gasteiger partial charge in [-0.25, -0.2) is 9.37 Å². The molecule has 2 heterocycles. The van der Waals surface area contributed by atoms with Gasteiger partial charge in [0.1, 0.15) is 11.4 Å². The van der Waals surface area contributed by atoms with E-state index in [0.29, 0.717) is 32.6 Å². The molecule has 0 saturated carbocycles. The Balaban J connectivity index is 1.59. The van der Waals surface area contributed by atoms with E-state index in [2.05, 4.69) is 60.4 Å². The molecule has 0 unspecified atom stereocenters. The zero-order chi connectivity index (χ0) is 26.7. The minimum absolute atomic E-state index is 0.0691. The largest absolute Gasteiger partial charge is 0.480 e. The summed E-state index contributed by atoms with van der Waals surface area (Å²) in [6, 6.07) is 9.06. The van der Waals surface area contributed by atoms with Crippen LogP contribution in [0, 0.1) is 12.7 Å². The summed E-state index contributed by atoms with van der Waals surface area (Å²) < 4.78 is 21.2. The molecule has 1 aliphatic heterocycles. The highest BCUT2D eigenvalue weighted by Gasteiger charge is 2.25. The number of amides is 1. The highest BCUT2D eigenvalue weighted by molar-refractivity contribution is 9.10.